The molecule has 0 spiro atoms. The molecule has 0 radical (unpaired) electrons. The summed E-state index contributed by atoms with van der Waals surface area (Å²) < 4.78 is 0. The third-order valence-electron chi connectivity index (χ3n) is 3.61. The normalized spacial score (nSPS) is 45.4. The average Bonchev–Trinajstić information content (AvgIpc) is 2.69. The molecule has 3 fully saturated rings. The van der Waals surface area contributed by atoms with Crippen LogP contribution in [0.3, 0.4) is 0 Å². The molecule has 76 valence electrons. The zero-order valence-corrected chi connectivity index (χ0v) is 7.75. The molecule has 0 aromatic rings. The van der Waals surface area contributed by atoms with Gasteiger partial charge in [-0.3, -0.25) is 4.79 Å². The zero-order chi connectivity index (χ0) is 9.71. The summed E-state index contributed by atoms with van der Waals surface area (Å²) in [4.78, 5) is 22.8. The SMILES string of the molecule is O=C1NC2C(=O)CC3CNCC3C2N1. The van der Waals surface area contributed by atoms with Crippen molar-refractivity contribution in [3.63, 3.8) is 0 Å². The lowest BCUT2D eigenvalue weighted by atomic mass is 9.75. The van der Waals surface area contributed by atoms with E-state index >= 15 is 0 Å². The van der Waals surface area contributed by atoms with Gasteiger partial charge in [0.15, 0.2) is 5.78 Å². The molecule has 4 unspecified atom stereocenters. The molecule has 0 aromatic carbocycles. The first-order valence-electron chi connectivity index (χ1n) is 5.06. The second-order valence-electron chi connectivity index (χ2n) is 4.37. The number of urea groups is 1. The van der Waals surface area contributed by atoms with E-state index in [0.29, 0.717) is 18.3 Å². The summed E-state index contributed by atoms with van der Waals surface area (Å²) in [5, 5.41) is 8.82. The van der Waals surface area contributed by atoms with Gasteiger partial charge in [-0.1, -0.05) is 0 Å². The highest BCUT2D eigenvalue weighted by Gasteiger charge is 2.50. The summed E-state index contributed by atoms with van der Waals surface area (Å²) in [5.74, 6) is 1.03. The number of amides is 2. The van der Waals surface area contributed by atoms with Gasteiger partial charge in [0.2, 0.25) is 0 Å². The van der Waals surface area contributed by atoms with Crippen LogP contribution in [-0.4, -0.2) is 37.0 Å². The molecule has 0 aromatic heterocycles. The predicted molar refractivity (Wildman–Crippen MR) is 48.7 cm³/mol. The minimum absolute atomic E-state index is 0.0174. The Hall–Kier alpha value is -1.10. The molecule has 3 rings (SSSR count). The van der Waals surface area contributed by atoms with Crippen molar-refractivity contribution in [1.82, 2.24) is 16.0 Å². The maximum absolute atomic E-state index is 11.7. The lowest BCUT2D eigenvalue weighted by Crippen LogP contribution is -2.52. The molecule has 5 nitrogen and oxygen atoms in total. The van der Waals surface area contributed by atoms with Gasteiger partial charge in [-0.2, -0.15) is 0 Å². The molecule has 0 bridgehead atoms. The third kappa shape index (κ3) is 0.987. The molecular formula is C9H13N3O2. The molecule has 4 atom stereocenters. The van der Waals surface area contributed by atoms with E-state index in [1.807, 2.05) is 0 Å². The summed E-state index contributed by atoms with van der Waals surface area (Å²) in [6.07, 6.45) is 0.612. The summed E-state index contributed by atoms with van der Waals surface area (Å²) >= 11 is 0. The van der Waals surface area contributed by atoms with Gasteiger partial charge in [-0.05, 0) is 18.4 Å². The molecule has 1 aliphatic carbocycles. The fraction of sp³-hybridized carbons (Fsp3) is 0.778. The van der Waals surface area contributed by atoms with E-state index < -0.39 is 0 Å². The summed E-state index contributed by atoms with van der Waals surface area (Å²) in [7, 11) is 0. The van der Waals surface area contributed by atoms with Crippen LogP contribution in [0.2, 0.25) is 0 Å². The highest BCUT2D eigenvalue weighted by atomic mass is 16.2. The van der Waals surface area contributed by atoms with Crippen molar-refractivity contribution in [2.75, 3.05) is 13.1 Å². The number of carbonyl (C=O) groups is 2. The monoisotopic (exact) mass is 195 g/mol. The van der Waals surface area contributed by atoms with Crippen molar-refractivity contribution in [2.45, 2.75) is 18.5 Å². The van der Waals surface area contributed by atoms with Crippen LogP contribution in [0.1, 0.15) is 6.42 Å². The Bertz CT molecular complexity index is 304. The fourth-order valence-electron chi connectivity index (χ4n) is 2.92. The van der Waals surface area contributed by atoms with Crippen LogP contribution >= 0.6 is 0 Å². The zero-order valence-electron chi connectivity index (χ0n) is 7.75. The summed E-state index contributed by atoms with van der Waals surface area (Å²) in [6, 6.07) is -0.451. The highest BCUT2D eigenvalue weighted by Crippen LogP contribution is 2.32. The molecule has 5 heteroatoms. The van der Waals surface area contributed by atoms with E-state index in [4.69, 9.17) is 0 Å². The summed E-state index contributed by atoms with van der Waals surface area (Å²) in [5.41, 5.74) is 0. The second kappa shape index (κ2) is 2.70. The predicted octanol–water partition coefficient (Wildman–Crippen LogP) is -1.16. The van der Waals surface area contributed by atoms with Crippen LogP contribution in [-0.2, 0) is 4.79 Å². The van der Waals surface area contributed by atoms with E-state index in [-0.39, 0.29) is 23.9 Å². The highest BCUT2D eigenvalue weighted by molar-refractivity contribution is 5.93. The number of rotatable bonds is 0. The van der Waals surface area contributed by atoms with Crippen LogP contribution in [0.5, 0.6) is 0 Å². The fourth-order valence-corrected chi connectivity index (χ4v) is 2.92. The van der Waals surface area contributed by atoms with Crippen molar-refractivity contribution in [3.05, 3.63) is 0 Å². The number of carbonyl (C=O) groups excluding carboxylic acids is 2. The molecule has 3 N–H and O–H groups in total. The van der Waals surface area contributed by atoms with Gasteiger partial charge in [0.1, 0.15) is 6.04 Å². The molecule has 2 heterocycles. The molecule has 1 saturated carbocycles. The second-order valence-corrected chi connectivity index (χ2v) is 4.37. The van der Waals surface area contributed by atoms with Crippen molar-refractivity contribution < 1.29 is 9.59 Å². The Kier molecular flexibility index (Phi) is 1.58. The maximum atomic E-state index is 11.7. The molecule has 14 heavy (non-hydrogen) atoms. The Labute approximate surface area is 81.6 Å². The van der Waals surface area contributed by atoms with Gasteiger partial charge < -0.3 is 16.0 Å². The molecular weight excluding hydrogens is 182 g/mol. The van der Waals surface area contributed by atoms with E-state index in [0.717, 1.165) is 13.1 Å². The quantitative estimate of drug-likeness (QED) is 0.457. The Morgan fingerprint density at radius 3 is 2.86 bits per heavy atom. The smallest absolute Gasteiger partial charge is 0.315 e. The maximum Gasteiger partial charge on any atom is 0.315 e. The van der Waals surface area contributed by atoms with E-state index in [1.54, 1.807) is 0 Å². The van der Waals surface area contributed by atoms with Crippen LogP contribution in [0.25, 0.3) is 0 Å². The van der Waals surface area contributed by atoms with Crippen molar-refractivity contribution in [1.29, 1.82) is 0 Å². The number of nitrogens with one attached hydrogen (secondary N) is 3. The van der Waals surface area contributed by atoms with Gasteiger partial charge in [-0.25, -0.2) is 4.79 Å². The number of fused-ring (bicyclic) bond motifs is 3. The Balaban J connectivity index is 1.90. The van der Waals surface area contributed by atoms with Gasteiger partial charge in [0, 0.05) is 13.0 Å². The van der Waals surface area contributed by atoms with Crippen LogP contribution in [0, 0.1) is 11.8 Å². The number of Topliss-reactive ketones (excluding diaryl/α,β-unsaturated/α-hetero) is 1. The first-order chi connectivity index (χ1) is 6.75. The first-order valence-corrected chi connectivity index (χ1v) is 5.06. The minimum Gasteiger partial charge on any atom is -0.333 e. The number of hydrogen-bond donors (Lipinski definition) is 3. The molecule has 2 saturated heterocycles. The number of ketones is 1. The first kappa shape index (κ1) is 8.23. The van der Waals surface area contributed by atoms with Crippen LogP contribution in [0.4, 0.5) is 4.79 Å². The standard InChI is InChI=1S/C9H13N3O2/c13-6-1-4-2-10-3-5(4)7-8(6)12-9(14)11-7/h4-5,7-8,10H,1-3H2,(H2,11,12,14). The average molecular weight is 195 g/mol. The van der Waals surface area contributed by atoms with Gasteiger partial charge in [0.25, 0.3) is 0 Å². The van der Waals surface area contributed by atoms with E-state index in [9.17, 15) is 9.59 Å². The Morgan fingerprint density at radius 2 is 2.00 bits per heavy atom. The number of hydrogen-bond acceptors (Lipinski definition) is 3. The topological polar surface area (TPSA) is 70.2 Å². The van der Waals surface area contributed by atoms with Gasteiger partial charge >= 0.3 is 6.03 Å². The van der Waals surface area contributed by atoms with Crippen LogP contribution < -0.4 is 16.0 Å². The lowest BCUT2D eigenvalue weighted by molar-refractivity contribution is -0.124. The van der Waals surface area contributed by atoms with Crippen molar-refractivity contribution >= 4 is 11.8 Å². The van der Waals surface area contributed by atoms with Crippen molar-refractivity contribution in [3.8, 4) is 0 Å². The molecule has 3 aliphatic rings. The molecule has 2 aliphatic heterocycles. The van der Waals surface area contributed by atoms with E-state index in [2.05, 4.69) is 16.0 Å². The van der Waals surface area contributed by atoms with Gasteiger partial charge in [0.05, 0.1) is 6.04 Å². The largest absolute Gasteiger partial charge is 0.333 e. The van der Waals surface area contributed by atoms with Crippen molar-refractivity contribution in [2.24, 2.45) is 11.8 Å². The minimum atomic E-state index is -0.274. The van der Waals surface area contributed by atoms with Gasteiger partial charge in [-0.15, -0.1) is 0 Å². The summed E-state index contributed by atoms with van der Waals surface area (Å²) in [6.45, 7) is 1.83. The third-order valence-corrected chi connectivity index (χ3v) is 3.61. The lowest BCUT2D eigenvalue weighted by Gasteiger charge is -2.32. The van der Waals surface area contributed by atoms with E-state index in [1.165, 1.54) is 0 Å². The molecule has 2 amide bonds. The van der Waals surface area contributed by atoms with Crippen LogP contribution in [0.15, 0.2) is 0 Å². The Morgan fingerprint density at radius 1 is 1.14 bits per heavy atom.